The average molecular weight is 205 g/mol. The van der Waals surface area contributed by atoms with Crippen LogP contribution in [0.15, 0.2) is 6.07 Å². The lowest BCUT2D eigenvalue weighted by Gasteiger charge is -2.11. The Hall–Kier alpha value is -1.00. The standard InChI is InChI=1S/C9H12F3N2/c1-7(2)5-8-3-4-13-14(8)6-9(10,11)12/h3,7H,5-6H2,1-2H3. The molecule has 0 aliphatic carbocycles. The Bertz CT molecular complexity index is 288. The molecule has 1 aromatic heterocycles. The molecule has 0 bridgehead atoms. The van der Waals surface area contributed by atoms with Crippen molar-refractivity contribution in [3.05, 3.63) is 18.0 Å². The fourth-order valence-corrected chi connectivity index (χ4v) is 1.20. The van der Waals surface area contributed by atoms with Crippen LogP contribution in [0.3, 0.4) is 0 Å². The number of rotatable bonds is 3. The SMILES string of the molecule is CC(C)Cc1c[c]nn1CC(F)(F)F. The maximum Gasteiger partial charge on any atom is 0.408 e. The molecule has 2 nitrogen and oxygen atoms in total. The van der Waals surface area contributed by atoms with E-state index in [1.54, 1.807) is 0 Å². The molecule has 0 fully saturated rings. The predicted octanol–water partition coefficient (Wildman–Crippen LogP) is 2.44. The van der Waals surface area contributed by atoms with Crippen molar-refractivity contribution in [2.45, 2.75) is 33.0 Å². The van der Waals surface area contributed by atoms with Crippen molar-refractivity contribution < 1.29 is 13.2 Å². The Morgan fingerprint density at radius 2 is 2.14 bits per heavy atom. The Balaban J connectivity index is 2.72. The van der Waals surface area contributed by atoms with E-state index in [1.165, 1.54) is 6.07 Å². The minimum atomic E-state index is -4.22. The molecule has 79 valence electrons. The third-order valence-electron chi connectivity index (χ3n) is 1.69. The first kappa shape index (κ1) is 11.1. The summed E-state index contributed by atoms with van der Waals surface area (Å²) in [5.74, 6) is 0.312. The van der Waals surface area contributed by atoms with Crippen molar-refractivity contribution in [1.29, 1.82) is 0 Å². The van der Waals surface area contributed by atoms with Gasteiger partial charge in [-0.15, -0.1) is 0 Å². The largest absolute Gasteiger partial charge is 0.408 e. The maximum atomic E-state index is 12.1. The van der Waals surface area contributed by atoms with E-state index in [0.29, 0.717) is 18.0 Å². The molecule has 1 aromatic rings. The van der Waals surface area contributed by atoms with Gasteiger partial charge in [0.25, 0.3) is 0 Å². The summed E-state index contributed by atoms with van der Waals surface area (Å²) in [5.41, 5.74) is 0.581. The number of hydrogen-bond acceptors (Lipinski definition) is 1. The quantitative estimate of drug-likeness (QED) is 0.741. The smallest absolute Gasteiger partial charge is 0.260 e. The third kappa shape index (κ3) is 3.40. The summed E-state index contributed by atoms with van der Waals surface area (Å²) in [5, 5.41) is 3.53. The second kappa shape index (κ2) is 4.02. The van der Waals surface area contributed by atoms with Gasteiger partial charge in [-0.2, -0.15) is 18.3 Å². The zero-order chi connectivity index (χ0) is 10.8. The second-order valence-corrected chi connectivity index (χ2v) is 3.64. The van der Waals surface area contributed by atoms with Crippen LogP contribution in [0, 0.1) is 12.1 Å². The van der Waals surface area contributed by atoms with Gasteiger partial charge >= 0.3 is 6.18 Å². The molecule has 0 N–H and O–H groups in total. The van der Waals surface area contributed by atoms with E-state index in [4.69, 9.17) is 0 Å². The molecule has 14 heavy (non-hydrogen) atoms. The minimum Gasteiger partial charge on any atom is -0.260 e. The first-order valence-corrected chi connectivity index (χ1v) is 4.38. The van der Waals surface area contributed by atoms with Crippen LogP contribution in [-0.4, -0.2) is 16.0 Å². The lowest BCUT2D eigenvalue weighted by Crippen LogP contribution is -2.20. The summed E-state index contributed by atoms with van der Waals surface area (Å²) < 4.78 is 37.1. The Morgan fingerprint density at radius 3 is 2.64 bits per heavy atom. The third-order valence-corrected chi connectivity index (χ3v) is 1.69. The zero-order valence-electron chi connectivity index (χ0n) is 8.10. The van der Waals surface area contributed by atoms with E-state index >= 15 is 0 Å². The summed E-state index contributed by atoms with van der Waals surface area (Å²) in [6.45, 7) is 2.87. The lowest BCUT2D eigenvalue weighted by molar-refractivity contribution is -0.143. The maximum absolute atomic E-state index is 12.1. The van der Waals surface area contributed by atoms with E-state index in [-0.39, 0.29) is 0 Å². The van der Waals surface area contributed by atoms with Crippen molar-refractivity contribution in [1.82, 2.24) is 9.78 Å². The van der Waals surface area contributed by atoms with Gasteiger partial charge in [-0.05, 0) is 18.4 Å². The van der Waals surface area contributed by atoms with Gasteiger partial charge < -0.3 is 0 Å². The molecular weight excluding hydrogens is 193 g/mol. The summed E-state index contributed by atoms with van der Waals surface area (Å²) in [4.78, 5) is 0. The number of nitrogens with zero attached hydrogens (tertiary/aromatic N) is 2. The molecule has 0 amide bonds. The van der Waals surface area contributed by atoms with Crippen LogP contribution in [0.25, 0.3) is 0 Å². The van der Waals surface area contributed by atoms with Gasteiger partial charge in [0.2, 0.25) is 0 Å². The first-order chi connectivity index (χ1) is 6.38. The monoisotopic (exact) mass is 205 g/mol. The van der Waals surface area contributed by atoms with Crippen molar-refractivity contribution in [3.8, 4) is 0 Å². The lowest BCUT2D eigenvalue weighted by atomic mass is 10.1. The Labute approximate surface area is 80.7 Å². The number of aromatic nitrogens is 2. The molecule has 0 unspecified atom stereocenters. The molecule has 1 rings (SSSR count). The molecule has 0 saturated carbocycles. The summed E-state index contributed by atoms with van der Waals surface area (Å²) in [6, 6.07) is 1.51. The Morgan fingerprint density at radius 1 is 1.50 bits per heavy atom. The molecule has 0 spiro atoms. The normalized spacial score (nSPS) is 12.4. The van der Waals surface area contributed by atoms with Crippen molar-refractivity contribution >= 4 is 0 Å². The van der Waals surface area contributed by atoms with Crippen LogP contribution in [0.2, 0.25) is 0 Å². The van der Waals surface area contributed by atoms with Gasteiger partial charge in [-0.25, -0.2) is 0 Å². The molecule has 5 heteroatoms. The van der Waals surface area contributed by atoms with E-state index in [0.717, 1.165) is 4.68 Å². The van der Waals surface area contributed by atoms with E-state index in [9.17, 15) is 13.2 Å². The highest BCUT2D eigenvalue weighted by molar-refractivity contribution is 5.00. The Kier molecular flexibility index (Phi) is 3.18. The first-order valence-electron chi connectivity index (χ1n) is 4.38. The molecule has 1 radical (unpaired) electrons. The molecule has 0 atom stereocenters. The van der Waals surface area contributed by atoms with Crippen LogP contribution in [0.5, 0.6) is 0 Å². The molecular formula is C9H12F3N2. The van der Waals surface area contributed by atoms with Gasteiger partial charge in [0, 0.05) is 5.69 Å². The van der Waals surface area contributed by atoms with Crippen LogP contribution in [-0.2, 0) is 13.0 Å². The fourth-order valence-electron chi connectivity index (χ4n) is 1.20. The molecule has 0 aliphatic heterocycles. The number of hydrogen-bond donors (Lipinski definition) is 0. The van der Waals surface area contributed by atoms with Gasteiger partial charge in [0.05, 0.1) is 0 Å². The highest BCUT2D eigenvalue weighted by atomic mass is 19.4. The minimum absolute atomic E-state index is 0.312. The van der Waals surface area contributed by atoms with E-state index in [1.807, 2.05) is 13.8 Å². The summed E-state index contributed by atoms with van der Waals surface area (Å²) >= 11 is 0. The van der Waals surface area contributed by atoms with Crippen LogP contribution in [0.4, 0.5) is 13.2 Å². The van der Waals surface area contributed by atoms with Crippen LogP contribution >= 0.6 is 0 Å². The average Bonchev–Trinajstić information content (AvgIpc) is 2.32. The van der Waals surface area contributed by atoms with Gasteiger partial charge in [0.1, 0.15) is 12.7 Å². The van der Waals surface area contributed by atoms with Crippen LogP contribution < -0.4 is 0 Å². The molecule has 0 saturated heterocycles. The molecule has 0 aromatic carbocycles. The van der Waals surface area contributed by atoms with Crippen molar-refractivity contribution in [2.75, 3.05) is 0 Å². The topological polar surface area (TPSA) is 17.8 Å². The fraction of sp³-hybridized carbons (Fsp3) is 0.667. The highest BCUT2D eigenvalue weighted by Gasteiger charge is 2.29. The zero-order valence-corrected chi connectivity index (χ0v) is 8.10. The summed E-state index contributed by atoms with van der Waals surface area (Å²) in [6.07, 6.45) is -1.19. The van der Waals surface area contributed by atoms with E-state index < -0.39 is 12.7 Å². The van der Waals surface area contributed by atoms with Crippen molar-refractivity contribution in [3.63, 3.8) is 0 Å². The van der Waals surface area contributed by atoms with Gasteiger partial charge in [0.15, 0.2) is 0 Å². The molecule has 0 aliphatic rings. The second-order valence-electron chi connectivity index (χ2n) is 3.64. The van der Waals surface area contributed by atoms with Crippen molar-refractivity contribution in [2.24, 2.45) is 5.92 Å². The number of alkyl halides is 3. The van der Waals surface area contributed by atoms with Gasteiger partial charge in [-0.1, -0.05) is 13.8 Å². The van der Waals surface area contributed by atoms with Crippen LogP contribution in [0.1, 0.15) is 19.5 Å². The van der Waals surface area contributed by atoms with E-state index in [2.05, 4.69) is 11.3 Å². The number of halogens is 3. The highest BCUT2D eigenvalue weighted by Crippen LogP contribution is 2.18. The summed E-state index contributed by atoms with van der Waals surface area (Å²) in [7, 11) is 0. The molecule has 1 heterocycles. The van der Waals surface area contributed by atoms with Gasteiger partial charge in [-0.3, -0.25) is 4.68 Å². The predicted molar refractivity (Wildman–Crippen MR) is 45.7 cm³/mol.